The second-order valence-electron chi connectivity index (χ2n) is 6.34. The number of hydrogen-bond acceptors (Lipinski definition) is 4. The number of esters is 2. The van der Waals surface area contributed by atoms with E-state index in [1.807, 2.05) is 20.8 Å². The predicted molar refractivity (Wildman–Crippen MR) is 93.2 cm³/mol. The van der Waals surface area contributed by atoms with Crippen molar-refractivity contribution in [2.24, 2.45) is 5.41 Å². The van der Waals surface area contributed by atoms with Gasteiger partial charge in [-0.3, -0.25) is 9.59 Å². The summed E-state index contributed by atoms with van der Waals surface area (Å²) in [6, 6.07) is 0. The molecule has 4 heteroatoms. The summed E-state index contributed by atoms with van der Waals surface area (Å²) in [5.41, 5.74) is -1.15. The van der Waals surface area contributed by atoms with E-state index in [4.69, 9.17) is 9.47 Å². The van der Waals surface area contributed by atoms with E-state index in [1.54, 1.807) is 0 Å². The van der Waals surface area contributed by atoms with Gasteiger partial charge in [-0.15, -0.1) is 0 Å². The first kappa shape index (κ1) is 21.9. The average molecular weight is 328 g/mol. The lowest BCUT2D eigenvalue weighted by Crippen LogP contribution is -2.42. The largest absolute Gasteiger partial charge is 0.465 e. The van der Waals surface area contributed by atoms with Gasteiger partial charge < -0.3 is 9.47 Å². The zero-order valence-corrected chi connectivity index (χ0v) is 15.8. The maximum atomic E-state index is 12.6. The van der Waals surface area contributed by atoms with E-state index in [1.165, 1.54) is 0 Å². The highest BCUT2D eigenvalue weighted by Crippen LogP contribution is 2.31. The maximum Gasteiger partial charge on any atom is 0.323 e. The molecular weight excluding hydrogens is 292 g/mol. The molecule has 0 N–H and O–H groups in total. The van der Waals surface area contributed by atoms with Crippen LogP contribution in [0.3, 0.4) is 0 Å². The van der Waals surface area contributed by atoms with E-state index in [0.717, 1.165) is 44.9 Å². The summed E-state index contributed by atoms with van der Waals surface area (Å²) in [5.74, 6) is -0.851. The molecule has 1 unspecified atom stereocenters. The summed E-state index contributed by atoms with van der Waals surface area (Å²) < 4.78 is 10.9. The first-order valence-corrected chi connectivity index (χ1v) is 9.36. The standard InChI is InChI=1S/C19H36O4/c1-6-10-12-13-15-22-17(20)19(8-3,9-4)18(21)23-16(5)14-11-7-2/h16H,6-15H2,1-5H3. The van der Waals surface area contributed by atoms with Crippen molar-refractivity contribution in [3.63, 3.8) is 0 Å². The molecule has 1 atom stereocenters. The molecule has 0 saturated carbocycles. The highest BCUT2D eigenvalue weighted by molar-refractivity contribution is 6.00. The molecule has 0 heterocycles. The smallest absolute Gasteiger partial charge is 0.323 e. The van der Waals surface area contributed by atoms with Gasteiger partial charge in [0.1, 0.15) is 0 Å². The van der Waals surface area contributed by atoms with Gasteiger partial charge in [-0.2, -0.15) is 0 Å². The molecule has 23 heavy (non-hydrogen) atoms. The van der Waals surface area contributed by atoms with Gasteiger partial charge in [-0.05, 0) is 32.6 Å². The van der Waals surface area contributed by atoms with Crippen molar-refractivity contribution in [1.82, 2.24) is 0 Å². The van der Waals surface area contributed by atoms with Gasteiger partial charge in [0, 0.05) is 0 Å². The van der Waals surface area contributed by atoms with Crippen molar-refractivity contribution in [2.75, 3.05) is 6.61 Å². The van der Waals surface area contributed by atoms with Crippen molar-refractivity contribution in [1.29, 1.82) is 0 Å². The fourth-order valence-electron chi connectivity index (χ4n) is 2.59. The Morgan fingerprint density at radius 2 is 1.48 bits per heavy atom. The fraction of sp³-hybridized carbons (Fsp3) is 0.895. The van der Waals surface area contributed by atoms with Crippen LogP contribution < -0.4 is 0 Å². The van der Waals surface area contributed by atoms with Gasteiger partial charge in [0.05, 0.1) is 12.7 Å². The van der Waals surface area contributed by atoms with Crippen molar-refractivity contribution in [3.05, 3.63) is 0 Å². The molecule has 0 saturated heterocycles. The van der Waals surface area contributed by atoms with E-state index in [2.05, 4.69) is 13.8 Å². The van der Waals surface area contributed by atoms with Gasteiger partial charge in [0.25, 0.3) is 0 Å². The molecule has 0 radical (unpaired) electrons. The van der Waals surface area contributed by atoms with E-state index >= 15 is 0 Å². The zero-order chi connectivity index (χ0) is 17.7. The molecule has 0 aromatic heterocycles. The van der Waals surface area contributed by atoms with Crippen LogP contribution in [-0.2, 0) is 19.1 Å². The minimum Gasteiger partial charge on any atom is -0.465 e. The minimum atomic E-state index is -1.15. The van der Waals surface area contributed by atoms with E-state index in [9.17, 15) is 9.59 Å². The normalized spacial score (nSPS) is 12.7. The van der Waals surface area contributed by atoms with Crippen LogP contribution in [0.4, 0.5) is 0 Å². The zero-order valence-electron chi connectivity index (χ0n) is 15.8. The van der Waals surface area contributed by atoms with Gasteiger partial charge in [0.15, 0.2) is 5.41 Å². The van der Waals surface area contributed by atoms with E-state index < -0.39 is 17.4 Å². The lowest BCUT2D eigenvalue weighted by molar-refractivity contribution is -0.176. The van der Waals surface area contributed by atoms with Crippen molar-refractivity contribution in [3.8, 4) is 0 Å². The highest BCUT2D eigenvalue weighted by atomic mass is 16.6. The molecule has 0 amide bonds. The number of ether oxygens (including phenoxy) is 2. The Morgan fingerprint density at radius 3 is 2.00 bits per heavy atom. The molecule has 0 spiro atoms. The molecule has 4 nitrogen and oxygen atoms in total. The third-order valence-corrected chi connectivity index (χ3v) is 4.49. The topological polar surface area (TPSA) is 52.6 Å². The minimum absolute atomic E-state index is 0.155. The van der Waals surface area contributed by atoms with Gasteiger partial charge >= 0.3 is 11.9 Å². The lowest BCUT2D eigenvalue weighted by atomic mass is 9.82. The summed E-state index contributed by atoms with van der Waals surface area (Å²) in [5, 5.41) is 0. The van der Waals surface area contributed by atoms with Crippen LogP contribution in [0.5, 0.6) is 0 Å². The van der Waals surface area contributed by atoms with Crippen molar-refractivity contribution < 1.29 is 19.1 Å². The monoisotopic (exact) mass is 328 g/mol. The quantitative estimate of drug-likeness (QED) is 0.270. The number of rotatable bonds is 13. The predicted octanol–water partition coefficient (Wildman–Crippen LogP) is 5.04. The Labute approximate surface area is 142 Å². The van der Waals surface area contributed by atoms with E-state index in [-0.39, 0.29) is 6.10 Å². The van der Waals surface area contributed by atoms with Crippen LogP contribution in [0.15, 0.2) is 0 Å². The summed E-state index contributed by atoms with van der Waals surface area (Å²) >= 11 is 0. The third kappa shape index (κ3) is 7.36. The SMILES string of the molecule is CCCCCCOC(=O)C(CC)(CC)C(=O)OC(C)CCCC. The van der Waals surface area contributed by atoms with E-state index in [0.29, 0.717) is 19.4 Å². The second-order valence-corrected chi connectivity index (χ2v) is 6.34. The molecular formula is C19H36O4. The molecule has 136 valence electrons. The fourth-order valence-corrected chi connectivity index (χ4v) is 2.59. The average Bonchev–Trinajstić information content (AvgIpc) is 2.54. The third-order valence-electron chi connectivity index (χ3n) is 4.49. The molecule has 0 aromatic carbocycles. The Hall–Kier alpha value is -1.06. The number of hydrogen-bond donors (Lipinski definition) is 0. The molecule has 0 aromatic rings. The van der Waals surface area contributed by atoms with Crippen molar-refractivity contribution in [2.45, 2.75) is 98.5 Å². The summed E-state index contributed by atoms with van der Waals surface area (Å²) in [6.45, 7) is 10.2. The highest BCUT2D eigenvalue weighted by Gasteiger charge is 2.46. The van der Waals surface area contributed by atoms with Crippen LogP contribution >= 0.6 is 0 Å². The maximum absolute atomic E-state index is 12.6. The van der Waals surface area contributed by atoms with Crippen LogP contribution in [0, 0.1) is 5.41 Å². The molecule has 0 aliphatic rings. The Morgan fingerprint density at radius 1 is 0.870 bits per heavy atom. The Bertz CT molecular complexity index is 334. The molecule has 0 fully saturated rings. The summed E-state index contributed by atoms with van der Waals surface area (Å²) in [7, 11) is 0. The van der Waals surface area contributed by atoms with Crippen LogP contribution in [-0.4, -0.2) is 24.6 Å². The van der Waals surface area contributed by atoms with Gasteiger partial charge in [-0.25, -0.2) is 0 Å². The van der Waals surface area contributed by atoms with Gasteiger partial charge in [-0.1, -0.05) is 59.8 Å². The second kappa shape index (κ2) is 12.4. The van der Waals surface area contributed by atoms with Crippen molar-refractivity contribution >= 4 is 11.9 Å². The summed E-state index contributed by atoms with van der Waals surface area (Å²) in [6.07, 6.45) is 7.77. The molecule has 0 aliphatic carbocycles. The molecule has 0 aliphatic heterocycles. The van der Waals surface area contributed by atoms with Crippen LogP contribution in [0.1, 0.15) is 92.4 Å². The number of carbonyl (C=O) groups is 2. The first-order valence-electron chi connectivity index (χ1n) is 9.36. The van der Waals surface area contributed by atoms with Crippen LogP contribution in [0.25, 0.3) is 0 Å². The number of unbranched alkanes of at least 4 members (excludes halogenated alkanes) is 4. The number of carbonyl (C=O) groups excluding carboxylic acids is 2. The summed E-state index contributed by atoms with van der Waals surface area (Å²) in [4.78, 5) is 25.0. The molecule has 0 rings (SSSR count). The van der Waals surface area contributed by atoms with Gasteiger partial charge in [0.2, 0.25) is 0 Å². The lowest BCUT2D eigenvalue weighted by Gasteiger charge is -2.28. The Balaban J connectivity index is 4.62. The van der Waals surface area contributed by atoms with Crippen LogP contribution in [0.2, 0.25) is 0 Å². The first-order chi connectivity index (χ1) is 11.0. The Kier molecular flexibility index (Phi) is 11.8. The molecule has 0 bridgehead atoms.